The van der Waals surface area contributed by atoms with Crippen molar-refractivity contribution in [3.05, 3.63) is 41.0 Å². The van der Waals surface area contributed by atoms with Crippen molar-refractivity contribution < 1.29 is 19.4 Å². The number of likely N-dealkylation sites (tertiary alicyclic amines) is 1. The number of primary amides is 1. The molecule has 156 valence electrons. The minimum Gasteiger partial charge on any atom is -0.508 e. The van der Waals surface area contributed by atoms with Gasteiger partial charge in [0.25, 0.3) is 0 Å². The van der Waals surface area contributed by atoms with E-state index in [0.29, 0.717) is 12.8 Å². The summed E-state index contributed by atoms with van der Waals surface area (Å²) in [6.45, 7) is 2.01. The number of hydrogen-bond acceptors (Lipinski definition) is 5. The smallest absolute Gasteiger partial charge is 0.330 e. The molecule has 1 aromatic rings. The van der Waals surface area contributed by atoms with Crippen LogP contribution in [0.3, 0.4) is 0 Å². The summed E-state index contributed by atoms with van der Waals surface area (Å²) in [4.78, 5) is 26.2. The maximum atomic E-state index is 12.3. The molecule has 29 heavy (non-hydrogen) atoms. The number of aromatic hydroxyl groups is 1. The molecule has 4 rings (SSSR count). The molecule has 3 aliphatic rings. The van der Waals surface area contributed by atoms with Gasteiger partial charge >= 0.3 is 5.97 Å². The second kappa shape index (κ2) is 7.82. The number of hydrogen-bond donors (Lipinski definition) is 2. The maximum absolute atomic E-state index is 12.3. The van der Waals surface area contributed by atoms with Crippen LogP contribution >= 0.6 is 0 Å². The molecule has 0 radical (unpaired) electrons. The Labute approximate surface area is 171 Å². The highest BCUT2D eigenvalue weighted by molar-refractivity contribution is 5.84. The lowest BCUT2D eigenvalue weighted by molar-refractivity contribution is -0.135. The Morgan fingerprint density at radius 3 is 2.86 bits per heavy atom. The molecule has 2 fully saturated rings. The molecule has 1 heterocycles. The van der Waals surface area contributed by atoms with E-state index in [0.717, 1.165) is 49.4 Å². The van der Waals surface area contributed by atoms with Gasteiger partial charge in [-0.1, -0.05) is 6.07 Å². The minimum absolute atomic E-state index is 0.147. The number of carbonyl (C=O) groups excluding carboxylic acids is 2. The molecule has 6 heteroatoms. The molecular formula is C23H30N2O4. The summed E-state index contributed by atoms with van der Waals surface area (Å²) in [6, 6.07) is 5.74. The van der Waals surface area contributed by atoms with Crippen LogP contribution in [-0.4, -0.2) is 48.1 Å². The van der Waals surface area contributed by atoms with E-state index in [1.807, 2.05) is 12.1 Å². The predicted octanol–water partition coefficient (Wildman–Crippen LogP) is 2.43. The van der Waals surface area contributed by atoms with E-state index in [2.05, 4.69) is 4.90 Å². The number of rotatable bonds is 7. The summed E-state index contributed by atoms with van der Waals surface area (Å²) < 4.78 is 4.99. The standard InChI is InChI=1S/C23H30N2O4/c1-29-22(28)13-19-20-11-16-6-7-17(26)12-18(16)23(19,8-2-3-21(24)27)9-10-25(20)14-15-4-5-15/h6-7,12-13,15,20,26H,2-5,8-11,14H2,1H3,(H2,24,27)/b19-13+/t20-,23+/m1/s1. The number of ether oxygens (including phenoxy) is 1. The lowest BCUT2D eigenvalue weighted by Gasteiger charge is -2.53. The largest absolute Gasteiger partial charge is 0.508 e. The summed E-state index contributed by atoms with van der Waals surface area (Å²) in [5, 5.41) is 10.2. The number of piperidine rings is 1. The Morgan fingerprint density at radius 1 is 1.38 bits per heavy atom. The fraction of sp³-hybridized carbons (Fsp3) is 0.565. The highest BCUT2D eigenvalue weighted by Crippen LogP contribution is 2.52. The van der Waals surface area contributed by atoms with Gasteiger partial charge in [0.15, 0.2) is 0 Å². The minimum atomic E-state index is -0.374. The second-order valence-electron chi connectivity index (χ2n) is 8.77. The van der Waals surface area contributed by atoms with Gasteiger partial charge in [-0.3, -0.25) is 9.69 Å². The highest BCUT2D eigenvalue weighted by atomic mass is 16.5. The number of benzene rings is 1. The molecular weight excluding hydrogens is 368 g/mol. The van der Waals surface area contributed by atoms with Crippen molar-refractivity contribution in [2.45, 2.75) is 56.4 Å². The van der Waals surface area contributed by atoms with Gasteiger partial charge in [-0.05, 0) is 79.8 Å². The van der Waals surface area contributed by atoms with Gasteiger partial charge in [-0.25, -0.2) is 4.79 Å². The molecule has 6 nitrogen and oxygen atoms in total. The third kappa shape index (κ3) is 3.90. The molecule has 1 saturated carbocycles. The normalized spacial score (nSPS) is 27.5. The summed E-state index contributed by atoms with van der Waals surface area (Å²) >= 11 is 0. The van der Waals surface area contributed by atoms with E-state index in [-0.39, 0.29) is 29.1 Å². The summed E-state index contributed by atoms with van der Waals surface area (Å²) in [5.74, 6) is 0.336. The number of esters is 1. The van der Waals surface area contributed by atoms with E-state index in [9.17, 15) is 14.7 Å². The van der Waals surface area contributed by atoms with Crippen molar-refractivity contribution in [2.75, 3.05) is 20.2 Å². The Bertz CT molecular complexity index is 845. The number of methoxy groups -OCH3 is 1. The van der Waals surface area contributed by atoms with Crippen LogP contribution in [0.5, 0.6) is 5.75 Å². The number of carbonyl (C=O) groups is 2. The molecule has 1 amide bonds. The Hall–Kier alpha value is -2.34. The van der Waals surface area contributed by atoms with Crippen molar-refractivity contribution in [3.63, 3.8) is 0 Å². The van der Waals surface area contributed by atoms with Gasteiger partial charge in [0.05, 0.1) is 7.11 Å². The van der Waals surface area contributed by atoms with Crippen LogP contribution in [0.2, 0.25) is 0 Å². The van der Waals surface area contributed by atoms with Crippen molar-refractivity contribution in [3.8, 4) is 5.75 Å². The van der Waals surface area contributed by atoms with E-state index in [4.69, 9.17) is 10.5 Å². The molecule has 2 atom stereocenters. The number of amides is 1. The zero-order valence-electron chi connectivity index (χ0n) is 17.0. The van der Waals surface area contributed by atoms with E-state index >= 15 is 0 Å². The molecule has 0 unspecified atom stereocenters. The first-order valence-electron chi connectivity index (χ1n) is 10.6. The van der Waals surface area contributed by atoms with E-state index in [1.54, 1.807) is 12.1 Å². The summed E-state index contributed by atoms with van der Waals surface area (Å²) in [7, 11) is 1.40. The number of nitrogens with two attached hydrogens (primary N) is 1. The van der Waals surface area contributed by atoms with Gasteiger partial charge in [-0.15, -0.1) is 0 Å². The van der Waals surface area contributed by atoms with Gasteiger partial charge in [0.1, 0.15) is 5.75 Å². The zero-order chi connectivity index (χ0) is 20.6. The van der Waals surface area contributed by atoms with Gasteiger partial charge in [0.2, 0.25) is 5.91 Å². The first-order chi connectivity index (χ1) is 13.9. The zero-order valence-corrected chi connectivity index (χ0v) is 17.0. The lowest BCUT2D eigenvalue weighted by atomic mass is 9.58. The molecule has 1 aromatic carbocycles. The van der Waals surface area contributed by atoms with E-state index in [1.165, 1.54) is 25.5 Å². The quantitative estimate of drug-likeness (QED) is 0.544. The topological polar surface area (TPSA) is 92.9 Å². The number of nitrogens with zero attached hydrogens (tertiary/aromatic N) is 1. The molecule has 1 aliphatic heterocycles. The molecule has 1 saturated heterocycles. The average Bonchev–Trinajstić information content (AvgIpc) is 3.50. The molecule has 2 bridgehead atoms. The van der Waals surface area contributed by atoms with Crippen LogP contribution in [0, 0.1) is 5.92 Å². The lowest BCUT2D eigenvalue weighted by Crippen LogP contribution is -2.55. The van der Waals surface area contributed by atoms with Gasteiger partial charge in [0, 0.05) is 30.5 Å². The molecule has 2 aliphatic carbocycles. The van der Waals surface area contributed by atoms with Crippen LogP contribution in [0.4, 0.5) is 0 Å². The molecule has 3 N–H and O–H groups in total. The van der Waals surface area contributed by atoms with Crippen LogP contribution < -0.4 is 5.73 Å². The van der Waals surface area contributed by atoms with Crippen LogP contribution in [0.25, 0.3) is 0 Å². The monoisotopic (exact) mass is 398 g/mol. The van der Waals surface area contributed by atoms with Gasteiger partial charge in [-0.2, -0.15) is 0 Å². The SMILES string of the molecule is COC(=O)/C=C1\[C@H]2Cc3ccc(O)cc3[C@]1(CCCC(N)=O)CCN2CC1CC1. The number of phenols is 1. The third-order valence-electron chi connectivity index (χ3n) is 6.89. The summed E-state index contributed by atoms with van der Waals surface area (Å²) in [5.41, 5.74) is 8.39. The van der Waals surface area contributed by atoms with Crippen LogP contribution in [0.1, 0.15) is 49.7 Å². The molecule has 0 aromatic heterocycles. The fourth-order valence-corrected chi connectivity index (χ4v) is 5.31. The average molecular weight is 399 g/mol. The Morgan fingerprint density at radius 2 is 2.17 bits per heavy atom. The maximum Gasteiger partial charge on any atom is 0.330 e. The van der Waals surface area contributed by atoms with Crippen molar-refractivity contribution in [1.29, 1.82) is 0 Å². The first kappa shape index (κ1) is 20.0. The summed E-state index contributed by atoms with van der Waals surface area (Å²) in [6.07, 6.45) is 7.61. The number of fused-ring (bicyclic) bond motifs is 4. The van der Waals surface area contributed by atoms with Crippen molar-refractivity contribution >= 4 is 11.9 Å². The molecule has 0 spiro atoms. The van der Waals surface area contributed by atoms with Crippen LogP contribution in [-0.2, 0) is 26.2 Å². The third-order valence-corrected chi connectivity index (χ3v) is 6.89. The van der Waals surface area contributed by atoms with Crippen molar-refractivity contribution in [1.82, 2.24) is 4.90 Å². The van der Waals surface area contributed by atoms with Gasteiger partial charge < -0.3 is 15.6 Å². The van der Waals surface area contributed by atoms with Crippen LogP contribution in [0.15, 0.2) is 29.8 Å². The van der Waals surface area contributed by atoms with Crippen molar-refractivity contribution in [2.24, 2.45) is 11.7 Å². The Kier molecular flexibility index (Phi) is 5.38. The first-order valence-corrected chi connectivity index (χ1v) is 10.6. The fourth-order valence-electron chi connectivity index (χ4n) is 5.31. The van der Waals surface area contributed by atoms with E-state index < -0.39 is 0 Å². The number of phenolic OH excluding ortho intramolecular Hbond substituents is 1. The Balaban J connectivity index is 1.79. The second-order valence-corrected chi connectivity index (χ2v) is 8.77. The predicted molar refractivity (Wildman–Crippen MR) is 109 cm³/mol. The highest BCUT2D eigenvalue weighted by Gasteiger charge is 2.50.